The van der Waals surface area contributed by atoms with E-state index in [0.29, 0.717) is 47.0 Å². The molecular weight excluding hydrogens is 1040 g/mol. The molecule has 83 heavy (non-hydrogen) atoms. The Labute approximate surface area is 502 Å². The molecule has 0 heterocycles. The van der Waals surface area contributed by atoms with Crippen molar-refractivity contribution in [3.8, 4) is 0 Å². The molecule has 1 unspecified atom stereocenters. The number of carbonyl (C=O) groups excluding carboxylic acids is 6. The maximum Gasteiger partial charge on any atom is 0.412 e. The standard InChI is InChI=1S/C67H116N8O8/c1-10-12-14-16-18-20-22-24-26-28-30-32-34-36-38-40-46-68-62(76)60(51(3)4)74-64(78)70-56-44-42-53(7)58(48-56)72-66(80)82-50-55(9)83-67(81)73-59-49-57(45-43-54(59)8)71-65(79)75-61(52(5)6)63(77)69-47-41-39-37-35-33-31-29-27-25-23-21-19-17-15-13-11-2/h42-45,48-49,51-52,55,60-61H,10-41,46-47,50H2,1-9H3,(H,68,76)(H,69,77)(H,72,80)(H,73,81)(H2,70,74,78)(H2,71,75,79)/t55?,60-,61-/m0/s1. The van der Waals surface area contributed by atoms with Gasteiger partial charge in [-0.3, -0.25) is 20.2 Å². The van der Waals surface area contributed by atoms with Crippen molar-refractivity contribution < 1.29 is 38.2 Å². The van der Waals surface area contributed by atoms with Gasteiger partial charge in [-0.15, -0.1) is 0 Å². The number of aryl methyl sites for hydroxylation is 2. The fraction of sp³-hybridized carbons (Fsp3) is 0.731. The minimum Gasteiger partial charge on any atom is -0.445 e. The van der Waals surface area contributed by atoms with Gasteiger partial charge < -0.3 is 41.4 Å². The zero-order valence-electron chi connectivity index (χ0n) is 53.4. The number of amides is 8. The van der Waals surface area contributed by atoms with Crippen LogP contribution in [-0.2, 0) is 19.1 Å². The van der Waals surface area contributed by atoms with Gasteiger partial charge in [-0.25, -0.2) is 19.2 Å². The molecule has 472 valence electrons. The van der Waals surface area contributed by atoms with Crippen LogP contribution in [0.2, 0.25) is 0 Å². The SMILES string of the molecule is CCCCCCCCCCCCCCCCCCNC(=O)[C@@H](NC(=O)Nc1ccc(C)c(NC(=O)OCC(C)OC(=O)Nc2cc(NC(=O)N[C@H](C(=O)NCCCCCCCCCCCCCCCCCC)C(C)C)ccc2C)c1)C(C)C. The molecule has 0 saturated carbocycles. The van der Waals surface area contributed by atoms with Crippen LogP contribution in [0.3, 0.4) is 0 Å². The molecule has 8 N–H and O–H groups in total. The number of nitrogens with one attached hydrogen (secondary N) is 8. The highest BCUT2D eigenvalue weighted by Crippen LogP contribution is 2.23. The van der Waals surface area contributed by atoms with E-state index in [0.717, 1.165) is 38.5 Å². The van der Waals surface area contributed by atoms with Gasteiger partial charge in [0, 0.05) is 35.8 Å². The van der Waals surface area contributed by atoms with Crippen LogP contribution in [0.25, 0.3) is 0 Å². The summed E-state index contributed by atoms with van der Waals surface area (Å²) in [5, 5.41) is 22.5. The quantitative estimate of drug-likeness (QED) is 0.0298. The van der Waals surface area contributed by atoms with Gasteiger partial charge in [0.05, 0.1) is 0 Å². The number of hydrogen-bond donors (Lipinski definition) is 8. The lowest BCUT2D eigenvalue weighted by atomic mass is 10.0. The third kappa shape index (κ3) is 36.7. The number of hydrogen-bond acceptors (Lipinski definition) is 8. The first-order valence-corrected chi connectivity index (χ1v) is 32.9. The normalized spacial score (nSPS) is 12.3. The van der Waals surface area contributed by atoms with Crippen molar-refractivity contribution >= 4 is 58.8 Å². The molecule has 16 nitrogen and oxygen atoms in total. The monoisotopic (exact) mass is 1160 g/mol. The largest absolute Gasteiger partial charge is 0.445 e. The van der Waals surface area contributed by atoms with Crippen LogP contribution in [0.1, 0.15) is 265 Å². The molecule has 3 atom stereocenters. The molecule has 2 aromatic rings. The Balaban J connectivity index is 1.68. The van der Waals surface area contributed by atoms with E-state index >= 15 is 0 Å². The second kappa shape index (κ2) is 46.8. The third-order valence-electron chi connectivity index (χ3n) is 15.4. The van der Waals surface area contributed by atoms with Crippen LogP contribution in [0.4, 0.5) is 41.9 Å². The average Bonchev–Trinajstić information content (AvgIpc) is 3.58. The second-order valence-electron chi connectivity index (χ2n) is 24.0. The number of benzene rings is 2. The van der Waals surface area contributed by atoms with Gasteiger partial charge in [0.2, 0.25) is 11.8 Å². The van der Waals surface area contributed by atoms with Gasteiger partial charge >= 0.3 is 24.2 Å². The molecule has 16 heteroatoms. The summed E-state index contributed by atoms with van der Waals surface area (Å²) in [5.74, 6) is -0.763. The molecule has 2 aromatic carbocycles. The van der Waals surface area contributed by atoms with Gasteiger partial charge in [0.15, 0.2) is 0 Å². The second-order valence-corrected chi connectivity index (χ2v) is 24.0. The van der Waals surface area contributed by atoms with Crippen LogP contribution >= 0.6 is 0 Å². The summed E-state index contributed by atoms with van der Waals surface area (Å²) in [4.78, 5) is 78.4. The van der Waals surface area contributed by atoms with E-state index in [2.05, 4.69) is 56.4 Å². The molecule has 0 bridgehead atoms. The first-order valence-electron chi connectivity index (χ1n) is 32.9. The predicted molar refractivity (Wildman–Crippen MR) is 344 cm³/mol. The van der Waals surface area contributed by atoms with Crippen LogP contribution < -0.4 is 42.5 Å². The van der Waals surface area contributed by atoms with Crippen LogP contribution in [0.15, 0.2) is 36.4 Å². The highest BCUT2D eigenvalue weighted by atomic mass is 16.6. The Hall–Kier alpha value is -5.54. The summed E-state index contributed by atoms with van der Waals surface area (Å²) in [5.41, 5.74) is 2.96. The van der Waals surface area contributed by atoms with E-state index < -0.39 is 42.4 Å². The van der Waals surface area contributed by atoms with E-state index in [1.165, 1.54) is 167 Å². The third-order valence-corrected chi connectivity index (χ3v) is 15.4. The minimum atomic E-state index is -0.839. The van der Waals surface area contributed by atoms with Crippen molar-refractivity contribution in [3.63, 3.8) is 0 Å². The highest BCUT2D eigenvalue weighted by Gasteiger charge is 2.26. The fourth-order valence-electron chi connectivity index (χ4n) is 10.0. The Morgan fingerprint density at radius 2 is 0.699 bits per heavy atom. The predicted octanol–water partition coefficient (Wildman–Crippen LogP) is 17.5. The first kappa shape index (κ1) is 73.6. The summed E-state index contributed by atoms with van der Waals surface area (Å²) in [7, 11) is 0. The number of anilines is 4. The molecular formula is C67H116N8O8. The molecule has 0 spiro atoms. The van der Waals surface area contributed by atoms with Crippen molar-refractivity contribution in [2.45, 2.75) is 286 Å². The summed E-state index contributed by atoms with van der Waals surface area (Å²) in [6.45, 7) is 18.1. The fourth-order valence-corrected chi connectivity index (χ4v) is 10.0. The van der Waals surface area contributed by atoms with Gasteiger partial charge in [-0.05, 0) is 80.8 Å². The maximum absolute atomic E-state index is 13.1. The van der Waals surface area contributed by atoms with E-state index in [4.69, 9.17) is 9.47 Å². The lowest BCUT2D eigenvalue weighted by Gasteiger charge is -2.22. The summed E-state index contributed by atoms with van der Waals surface area (Å²) in [6, 6.07) is 7.43. The number of urea groups is 2. The lowest BCUT2D eigenvalue weighted by molar-refractivity contribution is -0.124. The smallest absolute Gasteiger partial charge is 0.412 e. The summed E-state index contributed by atoms with van der Waals surface area (Å²) < 4.78 is 10.9. The molecule has 0 aliphatic carbocycles. The van der Waals surface area contributed by atoms with Crippen molar-refractivity contribution in [2.24, 2.45) is 11.8 Å². The Kier molecular flexibility index (Phi) is 41.5. The molecule has 2 rings (SSSR count). The molecule has 0 aliphatic heterocycles. The van der Waals surface area contributed by atoms with Crippen LogP contribution in [0.5, 0.6) is 0 Å². The topological polar surface area (TPSA) is 217 Å². The molecule has 0 radical (unpaired) electrons. The number of ether oxygens (including phenoxy) is 2. The average molecular weight is 1160 g/mol. The first-order chi connectivity index (χ1) is 40.0. The van der Waals surface area contributed by atoms with E-state index in [1.807, 2.05) is 27.7 Å². The number of rotatable bonds is 47. The lowest BCUT2D eigenvalue weighted by Crippen LogP contribution is -2.51. The van der Waals surface area contributed by atoms with Crippen LogP contribution in [0, 0.1) is 25.7 Å². The minimum absolute atomic E-state index is 0.153. The Morgan fingerprint density at radius 1 is 0.398 bits per heavy atom. The Morgan fingerprint density at radius 3 is 1.01 bits per heavy atom. The molecule has 0 saturated heterocycles. The van der Waals surface area contributed by atoms with Crippen molar-refractivity contribution in [2.75, 3.05) is 41.0 Å². The van der Waals surface area contributed by atoms with E-state index in [9.17, 15) is 28.8 Å². The number of unbranched alkanes of at least 4 members (excludes halogenated alkanes) is 30. The van der Waals surface area contributed by atoms with E-state index in [1.54, 1.807) is 57.2 Å². The molecule has 0 aromatic heterocycles. The zero-order valence-corrected chi connectivity index (χ0v) is 53.4. The zero-order chi connectivity index (χ0) is 60.9. The van der Waals surface area contributed by atoms with Gasteiger partial charge in [-0.1, -0.05) is 246 Å². The van der Waals surface area contributed by atoms with E-state index in [-0.39, 0.29) is 30.3 Å². The van der Waals surface area contributed by atoms with Crippen molar-refractivity contribution in [1.82, 2.24) is 21.3 Å². The molecule has 0 fully saturated rings. The Bertz CT molecular complexity index is 2100. The maximum atomic E-state index is 13.1. The van der Waals surface area contributed by atoms with Gasteiger partial charge in [0.1, 0.15) is 24.8 Å². The summed E-state index contributed by atoms with van der Waals surface area (Å²) >= 11 is 0. The highest BCUT2D eigenvalue weighted by molar-refractivity contribution is 5.96. The molecule has 8 amide bonds. The van der Waals surface area contributed by atoms with Crippen molar-refractivity contribution in [3.05, 3.63) is 47.5 Å². The number of carbonyl (C=O) groups is 6. The molecule has 0 aliphatic rings. The van der Waals surface area contributed by atoms with Crippen molar-refractivity contribution in [1.29, 1.82) is 0 Å². The van der Waals surface area contributed by atoms with Crippen LogP contribution in [-0.4, -0.2) is 73.9 Å². The summed E-state index contributed by atoms with van der Waals surface area (Å²) in [6.07, 6.45) is 38.7. The van der Waals surface area contributed by atoms with Gasteiger partial charge in [0.25, 0.3) is 0 Å². The van der Waals surface area contributed by atoms with Gasteiger partial charge in [-0.2, -0.15) is 0 Å².